The zero-order chi connectivity index (χ0) is 9.80. The van der Waals surface area contributed by atoms with Crippen molar-refractivity contribution in [3.63, 3.8) is 0 Å². The van der Waals surface area contributed by atoms with E-state index in [1.807, 2.05) is 24.3 Å². The summed E-state index contributed by atoms with van der Waals surface area (Å²) in [4.78, 5) is 0. The van der Waals surface area contributed by atoms with E-state index in [9.17, 15) is 0 Å². The molecule has 1 nitrogen and oxygen atoms in total. The van der Waals surface area contributed by atoms with Gasteiger partial charge in [-0.3, -0.25) is 0 Å². The van der Waals surface area contributed by atoms with E-state index < -0.39 is 0 Å². The molecule has 2 heteroatoms. The van der Waals surface area contributed by atoms with Crippen molar-refractivity contribution in [2.75, 3.05) is 0 Å². The molecule has 76 valence electrons. The highest BCUT2D eigenvalue weighted by Crippen LogP contribution is 2.24. The number of ether oxygens (including phenoxy) is 1. The molecule has 1 aromatic carbocycles. The lowest BCUT2D eigenvalue weighted by atomic mass is 10.2. The van der Waals surface area contributed by atoms with Crippen LogP contribution in [-0.4, -0.2) is 6.10 Å². The van der Waals surface area contributed by atoms with Crippen LogP contribution in [0, 0.1) is 0 Å². The first-order valence-electron chi connectivity index (χ1n) is 5.20. The topological polar surface area (TPSA) is 9.23 Å². The average molecular weight is 211 g/mol. The second kappa shape index (κ2) is 4.70. The average Bonchev–Trinajstić information content (AvgIpc) is 2.71. The molecular weight excluding hydrogens is 196 g/mol. The van der Waals surface area contributed by atoms with E-state index in [-0.39, 0.29) is 0 Å². The van der Waals surface area contributed by atoms with Crippen molar-refractivity contribution in [1.29, 1.82) is 0 Å². The number of benzene rings is 1. The summed E-state index contributed by atoms with van der Waals surface area (Å²) in [5.74, 6) is 1.53. The van der Waals surface area contributed by atoms with Gasteiger partial charge >= 0.3 is 0 Å². The van der Waals surface area contributed by atoms with E-state index in [2.05, 4.69) is 0 Å². The Morgan fingerprint density at radius 3 is 2.79 bits per heavy atom. The van der Waals surface area contributed by atoms with Gasteiger partial charge in [0.05, 0.1) is 6.10 Å². The summed E-state index contributed by atoms with van der Waals surface area (Å²) in [6.07, 6.45) is 5.44. The van der Waals surface area contributed by atoms with E-state index in [1.54, 1.807) is 0 Å². The Labute approximate surface area is 90.0 Å². The lowest BCUT2D eigenvalue weighted by Gasteiger charge is -2.13. The first-order chi connectivity index (χ1) is 6.88. The lowest BCUT2D eigenvalue weighted by molar-refractivity contribution is 0.210. The molecule has 1 aromatic rings. The fourth-order valence-electron chi connectivity index (χ4n) is 1.90. The summed E-state index contributed by atoms with van der Waals surface area (Å²) in [6, 6.07) is 8.07. The molecule has 1 fully saturated rings. The standard InChI is InChI=1S/C12H15ClO/c13-9-10-4-3-7-12(8-10)14-11-5-1-2-6-11/h3-4,7-8,11H,1-2,5-6,9H2. The quantitative estimate of drug-likeness (QED) is 0.691. The molecule has 0 bridgehead atoms. The van der Waals surface area contributed by atoms with Gasteiger partial charge in [0, 0.05) is 5.88 Å². The molecule has 0 saturated heterocycles. The van der Waals surface area contributed by atoms with Crippen molar-refractivity contribution in [3.8, 4) is 5.75 Å². The fourth-order valence-corrected chi connectivity index (χ4v) is 2.07. The Hall–Kier alpha value is -0.690. The molecule has 1 saturated carbocycles. The van der Waals surface area contributed by atoms with Crippen molar-refractivity contribution < 1.29 is 4.74 Å². The van der Waals surface area contributed by atoms with Crippen LogP contribution in [-0.2, 0) is 5.88 Å². The van der Waals surface area contributed by atoms with E-state index in [4.69, 9.17) is 16.3 Å². The molecular formula is C12H15ClO. The van der Waals surface area contributed by atoms with Gasteiger partial charge in [-0.1, -0.05) is 12.1 Å². The van der Waals surface area contributed by atoms with E-state index in [0.717, 1.165) is 11.3 Å². The van der Waals surface area contributed by atoms with E-state index >= 15 is 0 Å². The highest BCUT2D eigenvalue weighted by atomic mass is 35.5. The SMILES string of the molecule is ClCc1cccc(OC2CCCC2)c1. The fraction of sp³-hybridized carbons (Fsp3) is 0.500. The summed E-state index contributed by atoms with van der Waals surface area (Å²) in [5.41, 5.74) is 1.13. The predicted octanol–water partition coefficient (Wildman–Crippen LogP) is 3.75. The van der Waals surface area contributed by atoms with Crippen LogP contribution < -0.4 is 4.74 Å². The first-order valence-corrected chi connectivity index (χ1v) is 5.73. The van der Waals surface area contributed by atoms with Crippen LogP contribution in [0.1, 0.15) is 31.2 Å². The molecule has 0 atom stereocenters. The van der Waals surface area contributed by atoms with Gasteiger partial charge in [0.15, 0.2) is 0 Å². The molecule has 0 unspecified atom stereocenters. The summed E-state index contributed by atoms with van der Waals surface area (Å²) in [5, 5.41) is 0. The largest absolute Gasteiger partial charge is 0.490 e. The van der Waals surface area contributed by atoms with Gasteiger partial charge in [-0.25, -0.2) is 0 Å². The van der Waals surface area contributed by atoms with Gasteiger partial charge in [-0.15, -0.1) is 11.6 Å². The Bertz CT molecular complexity index is 292. The zero-order valence-corrected chi connectivity index (χ0v) is 8.96. The molecule has 0 heterocycles. The number of alkyl halides is 1. The molecule has 0 amide bonds. The van der Waals surface area contributed by atoms with Gasteiger partial charge in [0.25, 0.3) is 0 Å². The number of hydrogen-bond donors (Lipinski definition) is 0. The number of hydrogen-bond acceptors (Lipinski definition) is 1. The molecule has 0 aromatic heterocycles. The van der Waals surface area contributed by atoms with Crippen molar-refractivity contribution in [3.05, 3.63) is 29.8 Å². The minimum absolute atomic E-state index is 0.431. The van der Waals surface area contributed by atoms with Crippen molar-refractivity contribution in [2.45, 2.75) is 37.7 Å². The summed E-state index contributed by atoms with van der Waals surface area (Å²) >= 11 is 5.76. The van der Waals surface area contributed by atoms with Crippen molar-refractivity contribution >= 4 is 11.6 Å². The minimum Gasteiger partial charge on any atom is -0.490 e. The van der Waals surface area contributed by atoms with Crippen LogP contribution in [0.25, 0.3) is 0 Å². The van der Waals surface area contributed by atoms with Gasteiger partial charge in [-0.2, -0.15) is 0 Å². The molecule has 1 aliphatic carbocycles. The Morgan fingerprint density at radius 1 is 1.29 bits per heavy atom. The lowest BCUT2D eigenvalue weighted by Crippen LogP contribution is -2.10. The third-order valence-corrected chi connectivity index (χ3v) is 2.97. The summed E-state index contributed by atoms with van der Waals surface area (Å²) < 4.78 is 5.86. The molecule has 2 rings (SSSR count). The second-order valence-electron chi connectivity index (χ2n) is 3.81. The Balaban J connectivity index is 2.00. The highest BCUT2D eigenvalue weighted by Gasteiger charge is 2.16. The van der Waals surface area contributed by atoms with Crippen molar-refractivity contribution in [1.82, 2.24) is 0 Å². The van der Waals surface area contributed by atoms with Gasteiger partial charge in [-0.05, 0) is 43.4 Å². The van der Waals surface area contributed by atoms with Crippen LogP contribution >= 0.6 is 11.6 Å². The third kappa shape index (κ3) is 2.42. The maximum Gasteiger partial charge on any atom is 0.120 e. The normalized spacial score (nSPS) is 17.2. The third-order valence-electron chi connectivity index (χ3n) is 2.66. The maximum atomic E-state index is 5.86. The van der Waals surface area contributed by atoms with Crippen molar-refractivity contribution in [2.24, 2.45) is 0 Å². The van der Waals surface area contributed by atoms with Crippen LogP contribution in [0.2, 0.25) is 0 Å². The number of rotatable bonds is 3. The van der Waals surface area contributed by atoms with Crippen LogP contribution in [0.5, 0.6) is 5.75 Å². The second-order valence-corrected chi connectivity index (χ2v) is 4.07. The first kappa shape index (κ1) is 9.85. The van der Waals surface area contributed by atoms with Gasteiger partial charge in [0.1, 0.15) is 5.75 Å². The number of halogens is 1. The van der Waals surface area contributed by atoms with Crippen LogP contribution in [0.15, 0.2) is 24.3 Å². The molecule has 1 aliphatic rings. The molecule has 14 heavy (non-hydrogen) atoms. The molecule has 0 N–H and O–H groups in total. The summed E-state index contributed by atoms with van der Waals surface area (Å²) in [7, 11) is 0. The zero-order valence-electron chi connectivity index (χ0n) is 8.21. The summed E-state index contributed by atoms with van der Waals surface area (Å²) in [6.45, 7) is 0. The smallest absolute Gasteiger partial charge is 0.120 e. The molecule has 0 spiro atoms. The highest BCUT2D eigenvalue weighted by molar-refractivity contribution is 6.17. The maximum absolute atomic E-state index is 5.86. The minimum atomic E-state index is 0.431. The van der Waals surface area contributed by atoms with E-state index in [1.165, 1.54) is 25.7 Å². The van der Waals surface area contributed by atoms with Crippen LogP contribution in [0.4, 0.5) is 0 Å². The van der Waals surface area contributed by atoms with Crippen LogP contribution in [0.3, 0.4) is 0 Å². The van der Waals surface area contributed by atoms with Gasteiger partial charge < -0.3 is 4.74 Å². The van der Waals surface area contributed by atoms with E-state index in [0.29, 0.717) is 12.0 Å². The Kier molecular flexibility index (Phi) is 3.30. The predicted molar refractivity (Wildman–Crippen MR) is 58.9 cm³/mol. The molecule has 0 aliphatic heterocycles. The monoisotopic (exact) mass is 210 g/mol. The Morgan fingerprint density at radius 2 is 2.07 bits per heavy atom. The van der Waals surface area contributed by atoms with Gasteiger partial charge in [0.2, 0.25) is 0 Å². The molecule has 0 radical (unpaired) electrons.